The third-order valence-corrected chi connectivity index (χ3v) is 7.16. The minimum Gasteiger partial charge on any atom is -0.497 e. The van der Waals surface area contributed by atoms with Crippen LogP contribution in [-0.4, -0.2) is 43.7 Å². The number of hydrogen-bond donors (Lipinski definition) is 1. The van der Waals surface area contributed by atoms with Crippen LogP contribution in [0.15, 0.2) is 83.7 Å². The summed E-state index contributed by atoms with van der Waals surface area (Å²) < 4.78 is 7.16. The highest BCUT2D eigenvalue weighted by Gasteiger charge is 2.26. The fourth-order valence-corrected chi connectivity index (χ4v) is 5.04. The van der Waals surface area contributed by atoms with E-state index >= 15 is 0 Å². The molecule has 2 heterocycles. The van der Waals surface area contributed by atoms with E-state index < -0.39 is 0 Å². The van der Waals surface area contributed by atoms with Crippen molar-refractivity contribution in [2.24, 2.45) is 0 Å². The van der Waals surface area contributed by atoms with E-state index in [1.807, 2.05) is 53.2 Å². The fourth-order valence-electron chi connectivity index (χ4n) is 5.04. The molecule has 0 aliphatic heterocycles. The van der Waals surface area contributed by atoms with Crippen LogP contribution in [0.4, 0.5) is 0 Å². The highest BCUT2D eigenvalue weighted by Crippen LogP contribution is 2.26. The molecule has 1 N–H and O–H groups in total. The monoisotopic (exact) mass is 522 g/mol. The Bertz CT molecular complexity index is 1580. The number of benzene rings is 3. The Morgan fingerprint density at radius 1 is 1.00 bits per heavy atom. The van der Waals surface area contributed by atoms with Crippen molar-refractivity contribution in [1.29, 1.82) is 0 Å². The number of tetrazole rings is 1. The molecule has 8 nitrogen and oxygen atoms in total. The summed E-state index contributed by atoms with van der Waals surface area (Å²) in [6, 6.07) is 26.4. The van der Waals surface area contributed by atoms with E-state index in [9.17, 15) is 4.79 Å². The van der Waals surface area contributed by atoms with Gasteiger partial charge in [-0.05, 0) is 77.0 Å². The zero-order valence-electron chi connectivity index (χ0n) is 22.7. The molecule has 200 valence electrons. The van der Waals surface area contributed by atoms with Crippen LogP contribution in [0, 0.1) is 6.92 Å². The number of nitrogens with one attached hydrogen (secondary N) is 1. The zero-order valence-corrected chi connectivity index (χ0v) is 22.7. The average molecular weight is 523 g/mol. The summed E-state index contributed by atoms with van der Waals surface area (Å²) in [5, 5.41) is 13.9. The third kappa shape index (κ3) is 6.23. The molecule has 0 bridgehead atoms. The second-order valence-corrected chi connectivity index (χ2v) is 9.89. The molecule has 0 saturated carbocycles. The van der Waals surface area contributed by atoms with E-state index in [0.717, 1.165) is 58.6 Å². The molecular weight excluding hydrogens is 488 g/mol. The van der Waals surface area contributed by atoms with E-state index in [0.29, 0.717) is 13.1 Å². The smallest absolute Gasteiger partial charge is 0.252 e. The van der Waals surface area contributed by atoms with E-state index in [1.165, 1.54) is 5.56 Å². The van der Waals surface area contributed by atoms with Gasteiger partial charge in [-0.1, -0.05) is 61.0 Å². The van der Waals surface area contributed by atoms with Gasteiger partial charge in [0.25, 0.3) is 5.56 Å². The maximum Gasteiger partial charge on any atom is 0.252 e. The van der Waals surface area contributed by atoms with Crippen molar-refractivity contribution in [2.75, 3.05) is 13.7 Å². The summed E-state index contributed by atoms with van der Waals surface area (Å²) in [5.41, 5.74) is 5.00. The summed E-state index contributed by atoms with van der Waals surface area (Å²) in [7, 11) is 1.66. The molecular formula is C31H34N6O2. The molecule has 3 aromatic carbocycles. The van der Waals surface area contributed by atoms with Gasteiger partial charge in [0.2, 0.25) is 0 Å². The molecule has 0 aliphatic carbocycles. The number of fused-ring (bicyclic) bond motifs is 1. The first kappa shape index (κ1) is 26.3. The minimum absolute atomic E-state index is 0.0660. The number of hydrogen-bond acceptors (Lipinski definition) is 6. The van der Waals surface area contributed by atoms with Gasteiger partial charge in [-0.25, -0.2) is 4.68 Å². The maximum atomic E-state index is 13.1. The SMILES string of the molecule is CC[C@@H](c1nnnn1Cc1ccc(OC)cc1)N(CCc1ccccc1)Cc1cc2cc(C)ccc2[nH]c1=O. The van der Waals surface area contributed by atoms with E-state index in [4.69, 9.17) is 4.74 Å². The first-order chi connectivity index (χ1) is 19.0. The van der Waals surface area contributed by atoms with Gasteiger partial charge >= 0.3 is 0 Å². The van der Waals surface area contributed by atoms with Crippen molar-refractivity contribution < 1.29 is 4.74 Å². The second-order valence-electron chi connectivity index (χ2n) is 9.89. The van der Waals surface area contributed by atoms with Crippen molar-refractivity contribution in [3.05, 3.63) is 117 Å². The molecule has 1 atom stereocenters. The molecule has 0 aliphatic rings. The molecule has 0 amide bonds. The highest BCUT2D eigenvalue weighted by atomic mass is 16.5. The van der Waals surface area contributed by atoms with Gasteiger partial charge in [0.05, 0.1) is 19.7 Å². The van der Waals surface area contributed by atoms with Gasteiger partial charge in [0.15, 0.2) is 5.82 Å². The van der Waals surface area contributed by atoms with Crippen molar-refractivity contribution in [3.8, 4) is 5.75 Å². The molecule has 39 heavy (non-hydrogen) atoms. The summed E-state index contributed by atoms with van der Waals surface area (Å²) in [5.74, 6) is 1.60. The standard InChI is InChI=1S/C31H34N6O2/c1-4-29(30-33-34-35-37(30)20-24-11-13-27(39-3)14-12-24)36(17-16-23-8-6-5-7-9-23)21-26-19-25-18-22(2)10-15-28(25)32-31(26)38/h5-15,18-19,29H,4,16-17,20-21H2,1-3H3,(H,32,38)/t29-/m0/s1. The molecule has 0 fully saturated rings. The Morgan fingerprint density at radius 2 is 1.79 bits per heavy atom. The summed E-state index contributed by atoms with van der Waals surface area (Å²) >= 11 is 0. The zero-order chi connectivity index (χ0) is 27.2. The Hall–Kier alpha value is -4.30. The summed E-state index contributed by atoms with van der Waals surface area (Å²) in [6.45, 7) is 5.99. The van der Waals surface area contributed by atoms with E-state index in [1.54, 1.807) is 7.11 Å². The van der Waals surface area contributed by atoms with Crippen LogP contribution in [0.25, 0.3) is 10.9 Å². The number of rotatable bonds is 11. The Kier molecular flexibility index (Phi) is 8.13. The van der Waals surface area contributed by atoms with E-state index in [2.05, 4.69) is 69.6 Å². The highest BCUT2D eigenvalue weighted by molar-refractivity contribution is 5.79. The van der Waals surface area contributed by atoms with Crippen molar-refractivity contribution in [2.45, 2.75) is 45.8 Å². The molecule has 2 aromatic heterocycles. The molecule has 8 heteroatoms. The first-order valence-electron chi connectivity index (χ1n) is 13.3. The molecule has 5 rings (SSSR count). The largest absolute Gasteiger partial charge is 0.497 e. The van der Waals surface area contributed by atoms with Crippen LogP contribution in [-0.2, 0) is 19.5 Å². The first-order valence-corrected chi connectivity index (χ1v) is 13.3. The lowest BCUT2D eigenvalue weighted by Crippen LogP contribution is -2.34. The molecule has 0 saturated heterocycles. The van der Waals surface area contributed by atoms with Gasteiger partial charge in [0, 0.05) is 24.2 Å². The number of ether oxygens (including phenoxy) is 1. The predicted octanol–water partition coefficient (Wildman–Crippen LogP) is 5.08. The van der Waals surface area contributed by atoms with Crippen LogP contribution >= 0.6 is 0 Å². The van der Waals surface area contributed by atoms with Crippen LogP contribution in [0.3, 0.4) is 0 Å². The predicted molar refractivity (Wildman–Crippen MR) is 153 cm³/mol. The van der Waals surface area contributed by atoms with Crippen molar-refractivity contribution in [1.82, 2.24) is 30.1 Å². The molecule has 0 spiro atoms. The number of nitrogens with zero attached hydrogens (tertiary/aromatic N) is 5. The Balaban J connectivity index is 1.47. The van der Waals surface area contributed by atoms with Crippen molar-refractivity contribution >= 4 is 10.9 Å². The lowest BCUT2D eigenvalue weighted by Gasteiger charge is -2.30. The van der Waals surface area contributed by atoms with Crippen LogP contribution in [0.1, 0.15) is 47.5 Å². The average Bonchev–Trinajstić information content (AvgIpc) is 3.41. The second kappa shape index (κ2) is 12.0. The summed E-state index contributed by atoms with van der Waals surface area (Å²) in [4.78, 5) is 18.5. The van der Waals surface area contributed by atoms with E-state index in [-0.39, 0.29) is 11.6 Å². The van der Waals surface area contributed by atoms with Gasteiger partial charge in [0.1, 0.15) is 5.75 Å². The lowest BCUT2D eigenvalue weighted by atomic mass is 10.1. The summed E-state index contributed by atoms with van der Waals surface area (Å²) in [6.07, 6.45) is 1.64. The maximum absolute atomic E-state index is 13.1. The number of aryl methyl sites for hydroxylation is 1. The fraction of sp³-hybridized carbons (Fsp3) is 0.290. The molecule has 0 radical (unpaired) electrons. The van der Waals surface area contributed by atoms with Crippen molar-refractivity contribution in [3.63, 3.8) is 0 Å². The van der Waals surface area contributed by atoms with Gasteiger partial charge in [-0.2, -0.15) is 0 Å². The lowest BCUT2D eigenvalue weighted by molar-refractivity contribution is 0.172. The number of pyridine rings is 1. The number of H-pyrrole nitrogens is 1. The van der Waals surface area contributed by atoms with Gasteiger partial charge < -0.3 is 9.72 Å². The van der Waals surface area contributed by atoms with Gasteiger partial charge in [-0.3, -0.25) is 9.69 Å². The number of aromatic nitrogens is 5. The van der Waals surface area contributed by atoms with Gasteiger partial charge in [-0.15, -0.1) is 5.10 Å². The van der Waals surface area contributed by atoms with Crippen LogP contribution in [0.5, 0.6) is 5.75 Å². The number of aromatic amines is 1. The minimum atomic E-state index is -0.0745. The Labute approximate surface area is 228 Å². The third-order valence-electron chi connectivity index (χ3n) is 7.16. The normalized spacial score (nSPS) is 12.2. The topological polar surface area (TPSA) is 88.9 Å². The Morgan fingerprint density at radius 3 is 2.54 bits per heavy atom. The van der Waals surface area contributed by atoms with Crippen LogP contribution in [0.2, 0.25) is 0 Å². The quantitative estimate of drug-likeness (QED) is 0.260. The molecule has 0 unspecified atom stereocenters. The molecule has 5 aromatic rings. The number of methoxy groups -OCH3 is 1. The van der Waals surface area contributed by atoms with Crippen LogP contribution < -0.4 is 10.3 Å².